The third kappa shape index (κ3) is 4.42. The van der Waals surface area contributed by atoms with Gasteiger partial charge in [-0.3, -0.25) is 14.6 Å². The van der Waals surface area contributed by atoms with Gasteiger partial charge in [0.05, 0.1) is 5.69 Å². The van der Waals surface area contributed by atoms with E-state index in [4.69, 9.17) is 0 Å². The van der Waals surface area contributed by atoms with Gasteiger partial charge in [0.2, 0.25) is 5.72 Å². The van der Waals surface area contributed by atoms with Crippen molar-refractivity contribution < 1.29 is 14.7 Å². The highest BCUT2D eigenvalue weighted by Gasteiger charge is 2.42. The third-order valence-electron chi connectivity index (χ3n) is 4.44. The lowest BCUT2D eigenvalue weighted by Crippen LogP contribution is -2.55. The van der Waals surface area contributed by atoms with Gasteiger partial charge in [0.25, 0.3) is 0 Å². The molecular weight excluding hydrogens is 500 g/mol. The number of hydrogen-bond acceptors (Lipinski definition) is 3. The number of amides is 2. The Morgan fingerprint density at radius 1 is 0.897 bits per heavy atom. The standard InChI is InChI=1S/C22H18Br2N2O3/c1-25(19-11-5-9-17(23)13-19)21(28)26(20-12-6-10-18(24)14-20)22(29,15-27)16-7-3-2-4-8-16/h2-15,29H,1H3. The molecule has 0 spiro atoms. The van der Waals surface area contributed by atoms with Gasteiger partial charge in [-0.1, -0.05) is 74.3 Å². The van der Waals surface area contributed by atoms with E-state index in [-0.39, 0.29) is 5.56 Å². The zero-order valence-corrected chi connectivity index (χ0v) is 18.7. The molecule has 0 bridgehead atoms. The monoisotopic (exact) mass is 516 g/mol. The van der Waals surface area contributed by atoms with Gasteiger partial charge in [0, 0.05) is 27.2 Å². The predicted octanol–water partition coefficient (Wildman–Crippen LogP) is 5.32. The Morgan fingerprint density at radius 3 is 2.00 bits per heavy atom. The molecule has 0 saturated carbocycles. The number of rotatable bonds is 5. The van der Waals surface area contributed by atoms with E-state index in [1.54, 1.807) is 79.8 Å². The largest absolute Gasteiger partial charge is 0.361 e. The number of hydrogen-bond donors (Lipinski definition) is 1. The van der Waals surface area contributed by atoms with Crippen LogP contribution in [0.25, 0.3) is 0 Å². The summed E-state index contributed by atoms with van der Waals surface area (Å²) in [7, 11) is 1.59. The van der Waals surface area contributed by atoms with Gasteiger partial charge in [-0.05, 0) is 36.4 Å². The molecule has 1 unspecified atom stereocenters. The number of aldehydes is 1. The number of nitrogens with zero attached hydrogens (tertiary/aromatic N) is 2. The fraction of sp³-hybridized carbons (Fsp3) is 0.0909. The fourth-order valence-electron chi connectivity index (χ4n) is 2.95. The lowest BCUT2D eigenvalue weighted by molar-refractivity contribution is -0.124. The van der Waals surface area contributed by atoms with Gasteiger partial charge in [0.1, 0.15) is 0 Å². The molecule has 3 aromatic carbocycles. The molecule has 1 atom stereocenters. The maximum atomic E-state index is 13.5. The quantitative estimate of drug-likeness (QED) is 0.368. The van der Waals surface area contributed by atoms with Crippen LogP contribution in [0, 0.1) is 0 Å². The smallest absolute Gasteiger partial charge is 0.331 e. The van der Waals surface area contributed by atoms with E-state index in [1.165, 1.54) is 4.90 Å². The van der Waals surface area contributed by atoms with Crippen molar-refractivity contribution in [3.63, 3.8) is 0 Å². The molecule has 0 radical (unpaired) electrons. The minimum atomic E-state index is -2.20. The molecule has 0 heterocycles. The van der Waals surface area contributed by atoms with Crippen molar-refractivity contribution in [1.82, 2.24) is 0 Å². The maximum Gasteiger partial charge on any atom is 0.331 e. The summed E-state index contributed by atoms with van der Waals surface area (Å²) in [6, 6.07) is 21.9. The molecule has 0 fully saturated rings. The van der Waals surface area contributed by atoms with Crippen LogP contribution in [0.2, 0.25) is 0 Å². The topological polar surface area (TPSA) is 60.9 Å². The first-order valence-corrected chi connectivity index (χ1v) is 10.3. The Labute approximate surface area is 185 Å². The number of carbonyl (C=O) groups is 2. The minimum Gasteiger partial charge on any atom is -0.361 e. The van der Waals surface area contributed by atoms with Crippen molar-refractivity contribution in [3.05, 3.63) is 93.4 Å². The van der Waals surface area contributed by atoms with Crippen molar-refractivity contribution in [2.24, 2.45) is 0 Å². The van der Waals surface area contributed by atoms with Crippen LogP contribution in [-0.4, -0.2) is 24.5 Å². The highest BCUT2D eigenvalue weighted by molar-refractivity contribution is 9.10. The van der Waals surface area contributed by atoms with Gasteiger partial charge in [-0.25, -0.2) is 4.79 Å². The maximum absolute atomic E-state index is 13.5. The Kier molecular flexibility index (Phi) is 6.52. The first-order valence-electron chi connectivity index (χ1n) is 8.70. The van der Waals surface area contributed by atoms with E-state index >= 15 is 0 Å². The molecule has 7 heteroatoms. The van der Waals surface area contributed by atoms with E-state index < -0.39 is 11.8 Å². The Balaban J connectivity index is 2.15. The van der Waals surface area contributed by atoms with E-state index in [2.05, 4.69) is 31.9 Å². The lowest BCUT2D eigenvalue weighted by atomic mass is 10.0. The molecule has 2 amide bonds. The summed E-state index contributed by atoms with van der Waals surface area (Å²) in [4.78, 5) is 28.2. The number of anilines is 2. The molecular formula is C22H18Br2N2O3. The van der Waals surface area contributed by atoms with E-state index in [9.17, 15) is 14.7 Å². The van der Waals surface area contributed by atoms with Gasteiger partial charge in [-0.2, -0.15) is 0 Å². The average molecular weight is 518 g/mol. The first kappa shape index (κ1) is 21.2. The van der Waals surface area contributed by atoms with Crippen LogP contribution in [0.4, 0.5) is 16.2 Å². The molecule has 3 aromatic rings. The molecule has 1 N–H and O–H groups in total. The molecule has 29 heavy (non-hydrogen) atoms. The normalized spacial score (nSPS) is 12.7. The summed E-state index contributed by atoms with van der Waals surface area (Å²) in [5, 5.41) is 11.4. The Bertz CT molecular complexity index is 1030. The summed E-state index contributed by atoms with van der Waals surface area (Å²) in [5.41, 5.74) is -0.944. The van der Waals surface area contributed by atoms with Crippen LogP contribution in [-0.2, 0) is 10.5 Å². The van der Waals surface area contributed by atoms with Crippen LogP contribution in [0.3, 0.4) is 0 Å². The zero-order valence-electron chi connectivity index (χ0n) is 15.5. The van der Waals surface area contributed by atoms with Crippen LogP contribution in [0.15, 0.2) is 87.8 Å². The Hall–Kier alpha value is -2.48. The second-order valence-electron chi connectivity index (χ2n) is 6.35. The molecule has 5 nitrogen and oxygen atoms in total. The van der Waals surface area contributed by atoms with Crippen molar-refractivity contribution in [3.8, 4) is 0 Å². The van der Waals surface area contributed by atoms with Gasteiger partial charge < -0.3 is 5.11 Å². The van der Waals surface area contributed by atoms with E-state index in [0.29, 0.717) is 22.1 Å². The predicted molar refractivity (Wildman–Crippen MR) is 121 cm³/mol. The van der Waals surface area contributed by atoms with Crippen molar-refractivity contribution in [2.75, 3.05) is 16.8 Å². The molecule has 0 aliphatic rings. The number of halogens is 2. The summed E-state index contributed by atoms with van der Waals surface area (Å²) >= 11 is 6.79. The molecule has 0 aliphatic carbocycles. The minimum absolute atomic E-state index is 0.283. The number of aliphatic hydroxyl groups is 1. The number of carbonyl (C=O) groups excluding carboxylic acids is 2. The van der Waals surface area contributed by atoms with Crippen LogP contribution in [0.5, 0.6) is 0 Å². The van der Waals surface area contributed by atoms with Crippen LogP contribution < -0.4 is 9.80 Å². The first-order chi connectivity index (χ1) is 13.9. The average Bonchev–Trinajstić information content (AvgIpc) is 2.73. The van der Waals surface area contributed by atoms with Crippen LogP contribution in [0.1, 0.15) is 5.56 Å². The molecule has 0 saturated heterocycles. The molecule has 0 aromatic heterocycles. The highest BCUT2D eigenvalue weighted by atomic mass is 79.9. The highest BCUT2D eigenvalue weighted by Crippen LogP contribution is 2.33. The zero-order chi connectivity index (χ0) is 21.0. The van der Waals surface area contributed by atoms with Crippen molar-refractivity contribution >= 4 is 55.6 Å². The third-order valence-corrected chi connectivity index (χ3v) is 5.43. The molecule has 0 aliphatic heterocycles. The second-order valence-corrected chi connectivity index (χ2v) is 8.18. The summed E-state index contributed by atoms with van der Waals surface area (Å²) in [5.74, 6) is 0. The fourth-order valence-corrected chi connectivity index (χ4v) is 3.72. The van der Waals surface area contributed by atoms with Gasteiger partial charge in [0.15, 0.2) is 6.29 Å². The summed E-state index contributed by atoms with van der Waals surface area (Å²) in [6.07, 6.45) is 0.371. The lowest BCUT2D eigenvalue weighted by Gasteiger charge is -2.38. The van der Waals surface area contributed by atoms with Gasteiger partial charge >= 0.3 is 6.03 Å². The van der Waals surface area contributed by atoms with Crippen molar-refractivity contribution in [2.45, 2.75) is 5.72 Å². The van der Waals surface area contributed by atoms with Crippen molar-refractivity contribution in [1.29, 1.82) is 0 Å². The Morgan fingerprint density at radius 2 is 1.45 bits per heavy atom. The number of benzene rings is 3. The molecule has 148 valence electrons. The SMILES string of the molecule is CN(C(=O)N(c1cccc(Br)c1)C(O)(C=O)c1ccccc1)c1cccc(Br)c1. The van der Waals surface area contributed by atoms with Crippen LogP contribution >= 0.6 is 31.9 Å². The van der Waals surface area contributed by atoms with Gasteiger partial charge in [-0.15, -0.1) is 0 Å². The number of urea groups is 1. The molecule has 3 rings (SSSR count). The summed E-state index contributed by atoms with van der Waals surface area (Å²) in [6.45, 7) is 0. The van der Waals surface area contributed by atoms with E-state index in [0.717, 1.165) is 9.37 Å². The summed E-state index contributed by atoms with van der Waals surface area (Å²) < 4.78 is 1.51. The van der Waals surface area contributed by atoms with E-state index in [1.807, 2.05) is 6.07 Å². The second kappa shape index (κ2) is 8.90.